The van der Waals surface area contributed by atoms with Crippen molar-refractivity contribution < 1.29 is 9.13 Å². The fourth-order valence-corrected chi connectivity index (χ4v) is 1.39. The Morgan fingerprint density at radius 2 is 2.00 bits per heavy atom. The van der Waals surface area contributed by atoms with Crippen molar-refractivity contribution in [2.24, 2.45) is 5.92 Å². The van der Waals surface area contributed by atoms with E-state index in [2.05, 4.69) is 0 Å². The summed E-state index contributed by atoms with van der Waals surface area (Å²) in [6, 6.07) is 4.75. The van der Waals surface area contributed by atoms with Gasteiger partial charge in [0.1, 0.15) is 11.6 Å². The first-order valence-electron chi connectivity index (χ1n) is 4.53. The molecule has 14 heavy (non-hydrogen) atoms. The number of methoxy groups -OCH3 is 1. The van der Waals surface area contributed by atoms with Gasteiger partial charge in [-0.15, -0.1) is 11.6 Å². The van der Waals surface area contributed by atoms with E-state index in [9.17, 15) is 4.39 Å². The van der Waals surface area contributed by atoms with Crippen LogP contribution in [0.2, 0.25) is 0 Å². The van der Waals surface area contributed by atoms with Crippen LogP contribution in [-0.2, 0) is 0 Å². The molecule has 78 valence electrons. The van der Waals surface area contributed by atoms with Gasteiger partial charge in [0, 0.05) is 11.6 Å². The van der Waals surface area contributed by atoms with Crippen molar-refractivity contribution in [3.8, 4) is 5.75 Å². The predicted octanol–water partition coefficient (Wildman–Crippen LogP) is 3.77. The van der Waals surface area contributed by atoms with Gasteiger partial charge in [-0.3, -0.25) is 0 Å². The Bertz CT molecular complexity index is 312. The van der Waals surface area contributed by atoms with E-state index in [0.717, 1.165) is 0 Å². The summed E-state index contributed by atoms with van der Waals surface area (Å²) < 4.78 is 18.4. The van der Waals surface area contributed by atoms with Crippen molar-refractivity contribution in [1.29, 1.82) is 0 Å². The van der Waals surface area contributed by atoms with E-state index >= 15 is 0 Å². The number of halogens is 2. The minimum atomic E-state index is -0.307. The van der Waals surface area contributed by atoms with E-state index < -0.39 is 0 Å². The van der Waals surface area contributed by atoms with Crippen molar-refractivity contribution in [3.63, 3.8) is 0 Å². The van der Waals surface area contributed by atoms with Gasteiger partial charge in [-0.2, -0.15) is 0 Å². The lowest BCUT2D eigenvalue weighted by Gasteiger charge is -2.14. The third kappa shape index (κ3) is 2.38. The summed E-state index contributed by atoms with van der Waals surface area (Å²) in [4.78, 5) is 0. The van der Waals surface area contributed by atoms with E-state index in [1.54, 1.807) is 12.1 Å². The Morgan fingerprint density at radius 3 is 2.43 bits per heavy atom. The smallest absolute Gasteiger partial charge is 0.131 e. The minimum absolute atomic E-state index is 0.208. The first-order chi connectivity index (χ1) is 6.56. The van der Waals surface area contributed by atoms with Crippen LogP contribution in [0.15, 0.2) is 18.2 Å². The fraction of sp³-hybridized carbons (Fsp3) is 0.455. The normalized spacial score (nSPS) is 13.0. The summed E-state index contributed by atoms with van der Waals surface area (Å²) in [6.45, 7) is 3.92. The fourth-order valence-electron chi connectivity index (χ4n) is 1.22. The van der Waals surface area contributed by atoms with Gasteiger partial charge >= 0.3 is 0 Å². The van der Waals surface area contributed by atoms with Gasteiger partial charge in [0.2, 0.25) is 0 Å². The Kier molecular flexibility index (Phi) is 3.76. The number of hydrogen-bond acceptors (Lipinski definition) is 1. The second kappa shape index (κ2) is 4.65. The number of alkyl halides is 1. The van der Waals surface area contributed by atoms with Crippen LogP contribution in [0.25, 0.3) is 0 Å². The summed E-state index contributed by atoms with van der Waals surface area (Å²) in [5.74, 6) is 0.413. The second-order valence-corrected chi connectivity index (χ2v) is 4.00. The van der Waals surface area contributed by atoms with Gasteiger partial charge in [0.25, 0.3) is 0 Å². The van der Waals surface area contributed by atoms with E-state index in [1.807, 2.05) is 13.8 Å². The Labute approximate surface area is 88.8 Å². The lowest BCUT2D eigenvalue weighted by molar-refractivity contribution is 0.410. The number of ether oxygens (including phenoxy) is 1. The summed E-state index contributed by atoms with van der Waals surface area (Å²) in [5, 5.41) is -0.291. The molecule has 1 aromatic rings. The van der Waals surface area contributed by atoms with Gasteiger partial charge in [-0.25, -0.2) is 4.39 Å². The van der Waals surface area contributed by atoms with E-state index in [-0.39, 0.29) is 17.1 Å². The van der Waals surface area contributed by atoms with Gasteiger partial charge < -0.3 is 4.74 Å². The molecule has 1 nitrogen and oxygen atoms in total. The lowest BCUT2D eigenvalue weighted by atomic mass is 10.0. The van der Waals surface area contributed by atoms with Crippen LogP contribution < -0.4 is 4.74 Å². The molecule has 3 heteroatoms. The molecule has 1 atom stereocenters. The highest BCUT2D eigenvalue weighted by molar-refractivity contribution is 6.21. The second-order valence-electron chi connectivity index (χ2n) is 3.53. The quantitative estimate of drug-likeness (QED) is 0.699. The zero-order chi connectivity index (χ0) is 10.7. The molecule has 0 aromatic heterocycles. The van der Waals surface area contributed by atoms with Crippen molar-refractivity contribution in [1.82, 2.24) is 0 Å². The van der Waals surface area contributed by atoms with Gasteiger partial charge in [0.05, 0.1) is 12.5 Å². The van der Waals surface area contributed by atoms with Crippen LogP contribution in [0.4, 0.5) is 4.39 Å². The van der Waals surface area contributed by atoms with E-state index in [4.69, 9.17) is 16.3 Å². The van der Waals surface area contributed by atoms with Crippen LogP contribution in [0.3, 0.4) is 0 Å². The van der Waals surface area contributed by atoms with Crippen LogP contribution >= 0.6 is 11.6 Å². The molecule has 1 aromatic carbocycles. The highest BCUT2D eigenvalue weighted by Gasteiger charge is 2.16. The van der Waals surface area contributed by atoms with E-state index in [0.29, 0.717) is 11.3 Å². The molecule has 0 aliphatic rings. The van der Waals surface area contributed by atoms with E-state index in [1.165, 1.54) is 13.2 Å². The molecule has 0 amide bonds. The van der Waals surface area contributed by atoms with Gasteiger partial charge in [-0.05, 0) is 12.0 Å². The largest absolute Gasteiger partial charge is 0.497 e. The molecule has 0 saturated heterocycles. The molecule has 0 radical (unpaired) electrons. The SMILES string of the molecule is COc1ccc(C(Cl)C(C)C)c(F)c1. The number of benzene rings is 1. The lowest BCUT2D eigenvalue weighted by Crippen LogP contribution is -2.02. The first kappa shape index (κ1) is 11.3. The average molecular weight is 217 g/mol. The number of rotatable bonds is 3. The average Bonchev–Trinajstić information content (AvgIpc) is 2.16. The Hall–Kier alpha value is -0.760. The molecular weight excluding hydrogens is 203 g/mol. The number of hydrogen-bond donors (Lipinski definition) is 0. The topological polar surface area (TPSA) is 9.23 Å². The molecule has 0 bridgehead atoms. The molecular formula is C11H14ClFO. The summed E-state index contributed by atoms with van der Waals surface area (Å²) in [5.41, 5.74) is 0.530. The van der Waals surface area contributed by atoms with Crippen molar-refractivity contribution in [2.75, 3.05) is 7.11 Å². The third-order valence-corrected chi connectivity index (χ3v) is 2.83. The molecule has 0 saturated carbocycles. The molecule has 0 aliphatic carbocycles. The molecule has 0 heterocycles. The summed E-state index contributed by atoms with van der Waals surface area (Å²) in [7, 11) is 1.51. The highest BCUT2D eigenvalue weighted by atomic mass is 35.5. The maximum atomic E-state index is 13.5. The zero-order valence-electron chi connectivity index (χ0n) is 8.55. The Morgan fingerprint density at radius 1 is 1.36 bits per heavy atom. The molecule has 0 spiro atoms. The monoisotopic (exact) mass is 216 g/mol. The van der Waals surface area contributed by atoms with Crippen LogP contribution in [0, 0.1) is 11.7 Å². The molecule has 1 unspecified atom stereocenters. The minimum Gasteiger partial charge on any atom is -0.497 e. The van der Waals surface area contributed by atoms with Crippen molar-refractivity contribution >= 4 is 11.6 Å². The van der Waals surface area contributed by atoms with Gasteiger partial charge in [0.15, 0.2) is 0 Å². The zero-order valence-corrected chi connectivity index (χ0v) is 9.31. The van der Waals surface area contributed by atoms with Crippen LogP contribution in [-0.4, -0.2) is 7.11 Å². The molecule has 0 fully saturated rings. The first-order valence-corrected chi connectivity index (χ1v) is 4.97. The van der Waals surface area contributed by atoms with Crippen molar-refractivity contribution in [3.05, 3.63) is 29.6 Å². The summed E-state index contributed by atoms with van der Waals surface area (Å²) in [6.07, 6.45) is 0. The molecule has 0 aliphatic heterocycles. The third-order valence-electron chi connectivity index (χ3n) is 2.09. The van der Waals surface area contributed by atoms with Crippen LogP contribution in [0.1, 0.15) is 24.8 Å². The molecule has 1 rings (SSSR count). The standard InChI is InChI=1S/C11H14ClFO/c1-7(2)11(12)9-5-4-8(14-3)6-10(9)13/h4-7,11H,1-3H3. The summed E-state index contributed by atoms with van der Waals surface area (Å²) >= 11 is 6.06. The maximum Gasteiger partial charge on any atom is 0.131 e. The van der Waals surface area contributed by atoms with Gasteiger partial charge in [-0.1, -0.05) is 19.9 Å². The maximum absolute atomic E-state index is 13.5. The van der Waals surface area contributed by atoms with Crippen LogP contribution in [0.5, 0.6) is 5.75 Å². The predicted molar refractivity (Wildman–Crippen MR) is 56.4 cm³/mol. The Balaban J connectivity index is 2.99. The van der Waals surface area contributed by atoms with Crippen molar-refractivity contribution in [2.45, 2.75) is 19.2 Å². The molecule has 0 N–H and O–H groups in total. The highest BCUT2D eigenvalue weighted by Crippen LogP contribution is 2.31.